The summed E-state index contributed by atoms with van der Waals surface area (Å²) in [7, 11) is 4.06. The molecular weight excluding hydrogens is 344 g/mol. The van der Waals surface area contributed by atoms with E-state index in [9.17, 15) is 5.11 Å². The van der Waals surface area contributed by atoms with Crippen molar-refractivity contribution in [2.75, 3.05) is 45.2 Å². The van der Waals surface area contributed by atoms with E-state index in [0.29, 0.717) is 6.04 Å². The second-order valence-corrected chi connectivity index (χ2v) is 8.40. The zero-order valence-electron chi connectivity index (χ0n) is 16.1. The number of aryl methyl sites for hydroxylation is 1. The van der Waals surface area contributed by atoms with Crippen molar-refractivity contribution in [1.82, 2.24) is 14.8 Å². The third kappa shape index (κ3) is 4.82. The molecule has 1 fully saturated rings. The average molecular weight is 375 g/mol. The molecule has 5 nitrogen and oxygen atoms in total. The van der Waals surface area contributed by atoms with Gasteiger partial charge in [-0.25, -0.2) is 4.98 Å². The van der Waals surface area contributed by atoms with Crippen LogP contribution in [0.3, 0.4) is 0 Å². The van der Waals surface area contributed by atoms with Crippen LogP contribution in [0.4, 0.5) is 5.13 Å². The molecule has 1 aromatic carbocycles. The van der Waals surface area contributed by atoms with E-state index in [4.69, 9.17) is 0 Å². The highest BCUT2D eigenvalue weighted by atomic mass is 32.1. The van der Waals surface area contributed by atoms with Gasteiger partial charge in [0.25, 0.3) is 0 Å². The van der Waals surface area contributed by atoms with E-state index in [0.717, 1.165) is 44.3 Å². The molecule has 2 heterocycles. The molecule has 0 aliphatic carbocycles. The minimum Gasteiger partial charge on any atom is -0.396 e. The summed E-state index contributed by atoms with van der Waals surface area (Å²) in [5.41, 5.74) is 2.74. The minimum atomic E-state index is 0.244. The summed E-state index contributed by atoms with van der Waals surface area (Å²) in [6, 6.07) is 9.01. The lowest BCUT2D eigenvalue weighted by Gasteiger charge is -2.41. The largest absolute Gasteiger partial charge is 0.396 e. The van der Waals surface area contributed by atoms with Crippen LogP contribution in [0.25, 0.3) is 0 Å². The Labute approximate surface area is 160 Å². The fourth-order valence-electron chi connectivity index (χ4n) is 3.54. The molecule has 0 amide bonds. The maximum absolute atomic E-state index is 9.54. The zero-order chi connectivity index (χ0) is 18.5. The first-order valence-corrected chi connectivity index (χ1v) is 10.1. The predicted molar refractivity (Wildman–Crippen MR) is 109 cm³/mol. The van der Waals surface area contributed by atoms with E-state index in [1.807, 2.05) is 20.3 Å². The van der Waals surface area contributed by atoms with Crippen molar-refractivity contribution >= 4 is 16.5 Å². The molecule has 26 heavy (non-hydrogen) atoms. The molecule has 0 bridgehead atoms. The maximum atomic E-state index is 9.54. The van der Waals surface area contributed by atoms with Gasteiger partial charge >= 0.3 is 0 Å². The van der Waals surface area contributed by atoms with Gasteiger partial charge in [0.15, 0.2) is 5.13 Å². The summed E-state index contributed by atoms with van der Waals surface area (Å²) >= 11 is 1.76. The monoisotopic (exact) mass is 374 g/mol. The Balaban J connectivity index is 1.62. The number of thiazole rings is 1. The van der Waals surface area contributed by atoms with Crippen molar-refractivity contribution < 1.29 is 5.11 Å². The number of aliphatic hydroxyl groups excluding tert-OH is 1. The molecule has 1 aliphatic heterocycles. The molecule has 0 saturated carbocycles. The van der Waals surface area contributed by atoms with Crippen LogP contribution in [0.5, 0.6) is 0 Å². The Morgan fingerprint density at radius 2 is 2.04 bits per heavy atom. The van der Waals surface area contributed by atoms with Gasteiger partial charge in [-0.1, -0.05) is 24.3 Å². The first-order valence-electron chi connectivity index (χ1n) is 9.30. The maximum Gasteiger partial charge on any atom is 0.185 e. The van der Waals surface area contributed by atoms with Gasteiger partial charge in [-0.3, -0.25) is 9.80 Å². The number of aromatic nitrogens is 1. The Bertz CT molecular complexity index is 703. The van der Waals surface area contributed by atoms with Crippen LogP contribution in [0.15, 0.2) is 30.5 Å². The number of rotatable bonds is 7. The molecule has 2 aromatic rings. The predicted octanol–water partition coefficient (Wildman–Crippen LogP) is 2.59. The smallest absolute Gasteiger partial charge is 0.185 e. The molecule has 1 aromatic heterocycles. The lowest BCUT2D eigenvalue weighted by Crippen LogP contribution is -2.52. The molecule has 0 radical (unpaired) electrons. The molecule has 1 N–H and O–H groups in total. The summed E-state index contributed by atoms with van der Waals surface area (Å²) in [6.07, 6.45) is 2.83. The van der Waals surface area contributed by atoms with Crippen LogP contribution < -0.4 is 4.90 Å². The van der Waals surface area contributed by atoms with Crippen molar-refractivity contribution in [3.63, 3.8) is 0 Å². The summed E-state index contributed by atoms with van der Waals surface area (Å²) in [5.74, 6) is 0. The van der Waals surface area contributed by atoms with Gasteiger partial charge in [-0.15, -0.1) is 11.3 Å². The van der Waals surface area contributed by atoms with E-state index in [2.05, 4.69) is 50.9 Å². The van der Waals surface area contributed by atoms with Crippen molar-refractivity contribution in [2.24, 2.45) is 0 Å². The number of aliphatic hydroxyl groups is 1. The van der Waals surface area contributed by atoms with Gasteiger partial charge in [0.2, 0.25) is 0 Å². The molecule has 0 unspecified atom stereocenters. The highest BCUT2D eigenvalue weighted by Crippen LogP contribution is 2.24. The summed E-state index contributed by atoms with van der Waals surface area (Å²) in [5, 5.41) is 10.6. The number of hydrogen-bond acceptors (Lipinski definition) is 6. The number of nitrogens with zero attached hydrogens (tertiary/aromatic N) is 4. The van der Waals surface area contributed by atoms with Crippen molar-refractivity contribution in [2.45, 2.75) is 32.5 Å². The van der Waals surface area contributed by atoms with Crippen LogP contribution in [0.2, 0.25) is 0 Å². The molecule has 6 heteroatoms. The lowest BCUT2D eigenvalue weighted by atomic mass is 10.0. The van der Waals surface area contributed by atoms with E-state index in [-0.39, 0.29) is 6.61 Å². The third-order valence-electron chi connectivity index (χ3n) is 5.09. The van der Waals surface area contributed by atoms with Gasteiger partial charge in [0, 0.05) is 70.5 Å². The van der Waals surface area contributed by atoms with E-state index in [1.165, 1.54) is 16.0 Å². The highest BCUT2D eigenvalue weighted by Gasteiger charge is 2.27. The summed E-state index contributed by atoms with van der Waals surface area (Å²) < 4.78 is 0. The highest BCUT2D eigenvalue weighted by molar-refractivity contribution is 7.15. The summed E-state index contributed by atoms with van der Waals surface area (Å²) in [4.78, 5) is 12.9. The van der Waals surface area contributed by atoms with Gasteiger partial charge in [0.1, 0.15) is 0 Å². The third-order valence-corrected chi connectivity index (χ3v) is 6.24. The van der Waals surface area contributed by atoms with Gasteiger partial charge in [-0.05, 0) is 24.5 Å². The average Bonchev–Trinajstić information content (AvgIpc) is 3.08. The Morgan fingerprint density at radius 3 is 2.73 bits per heavy atom. The molecule has 142 valence electrons. The topological polar surface area (TPSA) is 42.8 Å². The minimum absolute atomic E-state index is 0.244. The normalized spacial score (nSPS) is 19.0. The molecule has 1 atom stereocenters. The molecular formula is C20H30N4OS. The van der Waals surface area contributed by atoms with Gasteiger partial charge in [-0.2, -0.15) is 0 Å². The van der Waals surface area contributed by atoms with Crippen LogP contribution in [-0.4, -0.2) is 66.3 Å². The molecule has 3 rings (SSSR count). The van der Waals surface area contributed by atoms with Crippen molar-refractivity contribution in [1.29, 1.82) is 0 Å². The first kappa shape index (κ1) is 19.3. The summed E-state index contributed by atoms with van der Waals surface area (Å²) in [6.45, 7) is 7.44. The number of hydrogen-bond donors (Lipinski definition) is 1. The van der Waals surface area contributed by atoms with E-state index in [1.54, 1.807) is 11.3 Å². The van der Waals surface area contributed by atoms with Crippen LogP contribution >= 0.6 is 11.3 Å². The SMILES string of the molecule is Cc1ccccc1CN1CCN(Cc2cnc(N(C)C)s2)C[C@H]1CCO. The molecule has 1 aliphatic rings. The van der Waals surface area contributed by atoms with Gasteiger partial charge in [0.05, 0.1) is 0 Å². The standard InChI is InChI=1S/C20H30N4OS/c1-16-6-4-5-7-17(16)13-24-10-9-23(14-18(24)8-11-25)15-19-12-21-20(26-19)22(2)3/h4-7,12,18,25H,8-11,13-15H2,1-3H3/t18-/m1/s1. The van der Waals surface area contributed by atoms with Crippen LogP contribution in [0, 0.1) is 6.92 Å². The first-order chi connectivity index (χ1) is 12.6. The Kier molecular flexibility index (Phi) is 6.64. The number of benzene rings is 1. The molecule has 0 spiro atoms. The second kappa shape index (κ2) is 8.95. The fraction of sp³-hybridized carbons (Fsp3) is 0.550. The fourth-order valence-corrected chi connectivity index (χ4v) is 4.41. The quantitative estimate of drug-likeness (QED) is 0.807. The van der Waals surface area contributed by atoms with Crippen molar-refractivity contribution in [3.8, 4) is 0 Å². The number of anilines is 1. The second-order valence-electron chi connectivity index (χ2n) is 7.30. The molecule has 1 saturated heterocycles. The van der Waals surface area contributed by atoms with Crippen LogP contribution in [-0.2, 0) is 13.1 Å². The van der Waals surface area contributed by atoms with Crippen LogP contribution in [0.1, 0.15) is 22.4 Å². The number of piperazine rings is 1. The van der Waals surface area contributed by atoms with Crippen molar-refractivity contribution in [3.05, 3.63) is 46.5 Å². The van der Waals surface area contributed by atoms with Gasteiger partial charge < -0.3 is 10.0 Å². The van der Waals surface area contributed by atoms with E-state index >= 15 is 0 Å². The van der Waals surface area contributed by atoms with E-state index < -0.39 is 0 Å². The lowest BCUT2D eigenvalue weighted by molar-refractivity contribution is 0.0503. The zero-order valence-corrected chi connectivity index (χ0v) is 16.9. The Hall–Kier alpha value is -1.47. The Morgan fingerprint density at radius 1 is 1.23 bits per heavy atom.